The van der Waals surface area contributed by atoms with Crippen LogP contribution in [0.15, 0.2) is 36.4 Å². The number of methoxy groups -OCH3 is 2. The molecule has 2 aromatic rings. The number of para-hydroxylation sites is 2. The summed E-state index contributed by atoms with van der Waals surface area (Å²) in [4.78, 5) is 11.9. The zero-order valence-electron chi connectivity index (χ0n) is 14.6. The van der Waals surface area contributed by atoms with Crippen LogP contribution in [0.1, 0.15) is 12.0 Å². The van der Waals surface area contributed by atoms with E-state index in [2.05, 4.69) is 0 Å². The van der Waals surface area contributed by atoms with Gasteiger partial charge in [0.05, 0.1) is 24.3 Å². The van der Waals surface area contributed by atoms with E-state index in [-0.39, 0.29) is 25.6 Å². The molecule has 0 saturated heterocycles. The summed E-state index contributed by atoms with van der Waals surface area (Å²) in [5, 5.41) is 0.822. The van der Waals surface area contributed by atoms with Crippen molar-refractivity contribution in [3.8, 4) is 17.2 Å². The third kappa shape index (κ3) is 5.44. The van der Waals surface area contributed by atoms with Gasteiger partial charge < -0.3 is 18.9 Å². The molecular formula is C19H20Cl2O5. The Balaban J connectivity index is 1.78. The lowest BCUT2D eigenvalue weighted by Crippen LogP contribution is -2.13. The van der Waals surface area contributed by atoms with Crippen molar-refractivity contribution in [2.75, 3.05) is 27.4 Å². The third-order valence-corrected chi connectivity index (χ3v) is 4.19. The fourth-order valence-corrected chi connectivity index (χ4v) is 2.89. The van der Waals surface area contributed by atoms with Crippen molar-refractivity contribution < 1.29 is 23.7 Å². The van der Waals surface area contributed by atoms with Crippen molar-refractivity contribution in [1.29, 1.82) is 0 Å². The van der Waals surface area contributed by atoms with Gasteiger partial charge in [-0.15, -0.1) is 0 Å². The summed E-state index contributed by atoms with van der Waals surface area (Å²) < 4.78 is 21.2. The fourth-order valence-electron chi connectivity index (χ4n) is 2.38. The normalized spacial score (nSPS) is 10.3. The van der Waals surface area contributed by atoms with Crippen LogP contribution in [0.5, 0.6) is 17.2 Å². The zero-order chi connectivity index (χ0) is 18.9. The Hall–Kier alpha value is -2.11. The van der Waals surface area contributed by atoms with E-state index in [0.29, 0.717) is 33.7 Å². The van der Waals surface area contributed by atoms with Crippen LogP contribution < -0.4 is 14.2 Å². The van der Waals surface area contributed by atoms with Gasteiger partial charge in [-0.05, 0) is 30.2 Å². The van der Waals surface area contributed by atoms with Crippen LogP contribution in [0, 0.1) is 0 Å². The molecule has 0 aliphatic heterocycles. The Kier molecular flexibility index (Phi) is 7.88. The molecule has 2 aromatic carbocycles. The lowest BCUT2D eigenvalue weighted by Gasteiger charge is -2.12. The van der Waals surface area contributed by atoms with E-state index >= 15 is 0 Å². The van der Waals surface area contributed by atoms with Gasteiger partial charge in [-0.3, -0.25) is 4.79 Å². The molecule has 7 heteroatoms. The van der Waals surface area contributed by atoms with Gasteiger partial charge in [0, 0.05) is 6.42 Å². The van der Waals surface area contributed by atoms with Crippen LogP contribution in [-0.4, -0.2) is 33.4 Å². The molecule has 26 heavy (non-hydrogen) atoms. The summed E-state index contributed by atoms with van der Waals surface area (Å²) in [6, 6.07) is 10.6. The molecule has 0 aromatic heterocycles. The molecular weight excluding hydrogens is 379 g/mol. The second-order valence-corrected chi connectivity index (χ2v) is 6.09. The highest BCUT2D eigenvalue weighted by Gasteiger charge is 2.12. The van der Waals surface area contributed by atoms with Crippen LogP contribution in [-0.2, 0) is 16.0 Å². The molecule has 0 spiro atoms. The number of hydrogen-bond donors (Lipinski definition) is 0. The number of halogens is 2. The van der Waals surface area contributed by atoms with Gasteiger partial charge in [0.25, 0.3) is 0 Å². The third-order valence-electron chi connectivity index (χ3n) is 3.59. The Bertz CT molecular complexity index is 728. The predicted octanol–water partition coefficient (Wildman–Crippen LogP) is 4.57. The molecule has 0 amide bonds. The van der Waals surface area contributed by atoms with E-state index in [1.807, 2.05) is 12.1 Å². The minimum absolute atomic E-state index is 0.107. The predicted molar refractivity (Wildman–Crippen MR) is 101 cm³/mol. The van der Waals surface area contributed by atoms with E-state index in [0.717, 1.165) is 5.56 Å². The molecule has 0 N–H and O–H groups in total. The summed E-state index contributed by atoms with van der Waals surface area (Å²) >= 11 is 12.0. The number of ether oxygens (including phenoxy) is 4. The van der Waals surface area contributed by atoms with Gasteiger partial charge in [0.2, 0.25) is 0 Å². The fraction of sp³-hybridized carbons (Fsp3) is 0.316. The summed E-state index contributed by atoms with van der Waals surface area (Å²) in [5.41, 5.74) is 0.878. The second kappa shape index (κ2) is 10.1. The van der Waals surface area contributed by atoms with Crippen LogP contribution in [0.4, 0.5) is 0 Å². The van der Waals surface area contributed by atoms with Crippen LogP contribution in [0.3, 0.4) is 0 Å². The van der Waals surface area contributed by atoms with E-state index in [1.54, 1.807) is 38.5 Å². The second-order valence-electron chi connectivity index (χ2n) is 5.27. The number of rotatable bonds is 9. The van der Waals surface area contributed by atoms with E-state index in [9.17, 15) is 4.79 Å². The van der Waals surface area contributed by atoms with Crippen molar-refractivity contribution in [1.82, 2.24) is 0 Å². The molecule has 0 bridgehead atoms. The van der Waals surface area contributed by atoms with Gasteiger partial charge in [-0.2, -0.15) is 0 Å². The Morgan fingerprint density at radius 1 is 0.923 bits per heavy atom. The molecule has 0 saturated carbocycles. The zero-order valence-corrected chi connectivity index (χ0v) is 16.1. The maximum absolute atomic E-state index is 11.9. The van der Waals surface area contributed by atoms with Gasteiger partial charge >= 0.3 is 5.97 Å². The van der Waals surface area contributed by atoms with Crippen molar-refractivity contribution in [3.05, 3.63) is 52.0 Å². The number of carbonyl (C=O) groups excluding carboxylic acids is 1. The monoisotopic (exact) mass is 398 g/mol. The van der Waals surface area contributed by atoms with E-state index in [1.165, 1.54) is 0 Å². The maximum atomic E-state index is 11.9. The quantitative estimate of drug-likeness (QED) is 0.457. The topological polar surface area (TPSA) is 54.0 Å². The van der Waals surface area contributed by atoms with Crippen molar-refractivity contribution in [2.24, 2.45) is 0 Å². The molecule has 140 valence electrons. The standard InChI is InChI=1S/C19H20Cl2O5/c1-23-16-8-3-5-13(18(16)24-2)9-10-17(22)25-11-12-26-19-14(20)6-4-7-15(19)21/h3-8H,9-12H2,1-2H3. The summed E-state index contributed by atoms with van der Waals surface area (Å²) in [6.45, 7) is 0.271. The molecule has 0 heterocycles. The highest BCUT2D eigenvalue weighted by molar-refractivity contribution is 6.37. The first-order valence-electron chi connectivity index (χ1n) is 7.99. The minimum atomic E-state index is -0.330. The lowest BCUT2D eigenvalue weighted by atomic mass is 10.1. The minimum Gasteiger partial charge on any atom is -0.493 e. The molecule has 0 radical (unpaired) electrons. The van der Waals surface area contributed by atoms with Crippen molar-refractivity contribution in [2.45, 2.75) is 12.8 Å². The Labute approximate surface area is 162 Å². The molecule has 0 aliphatic rings. The molecule has 0 fully saturated rings. The molecule has 2 rings (SSSR count). The highest BCUT2D eigenvalue weighted by Crippen LogP contribution is 2.32. The number of benzene rings is 2. The van der Waals surface area contributed by atoms with Gasteiger partial charge in [0.1, 0.15) is 13.2 Å². The van der Waals surface area contributed by atoms with Crippen LogP contribution >= 0.6 is 23.2 Å². The smallest absolute Gasteiger partial charge is 0.306 e. The molecule has 0 unspecified atom stereocenters. The average Bonchev–Trinajstić information content (AvgIpc) is 2.64. The number of hydrogen-bond acceptors (Lipinski definition) is 5. The summed E-state index contributed by atoms with van der Waals surface area (Å²) in [6.07, 6.45) is 0.701. The largest absolute Gasteiger partial charge is 0.493 e. The van der Waals surface area contributed by atoms with Crippen molar-refractivity contribution in [3.63, 3.8) is 0 Å². The Morgan fingerprint density at radius 2 is 1.62 bits per heavy atom. The van der Waals surface area contributed by atoms with E-state index < -0.39 is 0 Å². The van der Waals surface area contributed by atoms with Gasteiger partial charge in [-0.1, -0.05) is 41.4 Å². The van der Waals surface area contributed by atoms with E-state index in [4.69, 9.17) is 42.1 Å². The maximum Gasteiger partial charge on any atom is 0.306 e. The SMILES string of the molecule is COc1cccc(CCC(=O)OCCOc2c(Cl)cccc2Cl)c1OC. The summed E-state index contributed by atoms with van der Waals surface area (Å²) in [7, 11) is 3.14. The first-order valence-corrected chi connectivity index (χ1v) is 8.74. The van der Waals surface area contributed by atoms with Crippen LogP contribution in [0.2, 0.25) is 10.0 Å². The Morgan fingerprint density at radius 3 is 2.27 bits per heavy atom. The number of aryl methyl sites for hydroxylation is 1. The highest BCUT2D eigenvalue weighted by atomic mass is 35.5. The first-order chi connectivity index (χ1) is 12.6. The van der Waals surface area contributed by atoms with Crippen molar-refractivity contribution >= 4 is 29.2 Å². The number of carbonyl (C=O) groups is 1. The van der Waals surface area contributed by atoms with Gasteiger partial charge in [0.15, 0.2) is 17.2 Å². The van der Waals surface area contributed by atoms with Crippen LogP contribution in [0.25, 0.3) is 0 Å². The number of esters is 1. The average molecular weight is 399 g/mol. The molecule has 5 nitrogen and oxygen atoms in total. The van der Waals surface area contributed by atoms with Gasteiger partial charge in [-0.25, -0.2) is 0 Å². The molecule has 0 atom stereocenters. The molecule has 0 aliphatic carbocycles. The first kappa shape index (κ1) is 20.2. The lowest BCUT2D eigenvalue weighted by molar-refractivity contribution is -0.144. The summed E-state index contributed by atoms with van der Waals surface area (Å²) in [5.74, 6) is 1.31.